The second-order valence-corrected chi connectivity index (χ2v) is 9.95. The zero-order valence-electron chi connectivity index (χ0n) is 15.5. The minimum Gasteiger partial charge on any atom is -0.393 e. The zero-order chi connectivity index (χ0) is 17.5. The standard InChI is InChI=1S/C21H32O3/c1-12-9-13-10-14(22)5-7-19(13,2)18-16(23)11-20(3)15(17(12)18)6-8-21(20,4)24/h10,12,15-18,23-24H,5-9,11H2,1-4H3/t12-,15-,16-,17-,18-,19+,20-,21+/m1/s1. The Morgan fingerprint density at radius 3 is 2.62 bits per heavy atom. The van der Waals surface area contributed by atoms with Gasteiger partial charge in [0.2, 0.25) is 0 Å². The number of carbonyl (C=O) groups is 1. The molecule has 0 aliphatic heterocycles. The summed E-state index contributed by atoms with van der Waals surface area (Å²) in [6.07, 6.45) is 6.57. The first kappa shape index (κ1) is 16.8. The van der Waals surface area contributed by atoms with E-state index in [1.165, 1.54) is 5.57 Å². The van der Waals surface area contributed by atoms with Gasteiger partial charge in [0, 0.05) is 11.8 Å². The Balaban J connectivity index is 1.80. The Morgan fingerprint density at radius 2 is 1.92 bits per heavy atom. The molecule has 0 unspecified atom stereocenters. The number of aliphatic hydroxyl groups excluding tert-OH is 1. The van der Waals surface area contributed by atoms with E-state index in [0.717, 1.165) is 25.7 Å². The molecule has 3 fully saturated rings. The SMILES string of the molecule is C[C@@H]1CC2=CC(=O)CC[C@]2(C)[C@H]2[C@H]1[C@H]1CC[C@](C)(O)[C@]1(C)C[C@H]2O. The molecule has 2 N–H and O–H groups in total. The average Bonchev–Trinajstić information content (AvgIpc) is 2.71. The second-order valence-electron chi connectivity index (χ2n) is 9.95. The molecule has 0 aromatic heterocycles. The van der Waals surface area contributed by atoms with Crippen molar-refractivity contribution in [2.24, 2.45) is 34.5 Å². The van der Waals surface area contributed by atoms with Gasteiger partial charge in [-0.15, -0.1) is 0 Å². The molecule has 3 heteroatoms. The summed E-state index contributed by atoms with van der Waals surface area (Å²) in [4.78, 5) is 12.0. The van der Waals surface area contributed by atoms with E-state index in [1.54, 1.807) is 0 Å². The Hall–Kier alpha value is -0.670. The van der Waals surface area contributed by atoms with Crippen LogP contribution in [0.25, 0.3) is 0 Å². The third-order valence-electron chi connectivity index (χ3n) is 8.81. The van der Waals surface area contributed by atoms with E-state index in [9.17, 15) is 15.0 Å². The van der Waals surface area contributed by atoms with Crippen molar-refractivity contribution in [1.82, 2.24) is 0 Å². The maximum Gasteiger partial charge on any atom is 0.155 e. The van der Waals surface area contributed by atoms with E-state index in [2.05, 4.69) is 20.8 Å². The number of allylic oxidation sites excluding steroid dienone is 1. The fourth-order valence-electron chi connectivity index (χ4n) is 7.23. The van der Waals surface area contributed by atoms with Gasteiger partial charge in [-0.25, -0.2) is 0 Å². The highest BCUT2D eigenvalue weighted by atomic mass is 16.3. The number of ketones is 1. The number of fused-ring (bicyclic) bond motifs is 5. The molecule has 0 aromatic rings. The van der Waals surface area contributed by atoms with Crippen LogP contribution in [0.15, 0.2) is 11.6 Å². The highest BCUT2D eigenvalue weighted by molar-refractivity contribution is 5.91. The van der Waals surface area contributed by atoms with Crippen molar-refractivity contribution in [3.8, 4) is 0 Å². The number of hydrogen-bond acceptors (Lipinski definition) is 3. The van der Waals surface area contributed by atoms with Gasteiger partial charge in [-0.05, 0) is 74.2 Å². The van der Waals surface area contributed by atoms with Gasteiger partial charge >= 0.3 is 0 Å². The number of rotatable bonds is 0. The summed E-state index contributed by atoms with van der Waals surface area (Å²) in [5, 5.41) is 22.2. The zero-order valence-corrected chi connectivity index (χ0v) is 15.5. The van der Waals surface area contributed by atoms with Gasteiger partial charge in [-0.2, -0.15) is 0 Å². The van der Waals surface area contributed by atoms with Gasteiger partial charge in [-0.1, -0.05) is 26.3 Å². The van der Waals surface area contributed by atoms with E-state index in [4.69, 9.17) is 0 Å². The van der Waals surface area contributed by atoms with Crippen LogP contribution in [-0.4, -0.2) is 27.7 Å². The van der Waals surface area contributed by atoms with Gasteiger partial charge in [0.05, 0.1) is 11.7 Å². The van der Waals surface area contributed by atoms with Crippen molar-refractivity contribution < 1.29 is 15.0 Å². The lowest BCUT2D eigenvalue weighted by molar-refractivity contribution is -0.176. The summed E-state index contributed by atoms with van der Waals surface area (Å²) in [6.45, 7) is 8.76. The predicted octanol–water partition coefficient (Wildman–Crippen LogP) is 3.49. The minimum absolute atomic E-state index is 0.0414. The molecule has 0 spiro atoms. The first-order valence-electron chi connectivity index (χ1n) is 9.74. The van der Waals surface area contributed by atoms with Crippen molar-refractivity contribution in [2.75, 3.05) is 0 Å². The first-order chi connectivity index (χ1) is 11.1. The lowest BCUT2D eigenvalue weighted by Gasteiger charge is -2.62. The second kappa shape index (κ2) is 4.94. The highest BCUT2D eigenvalue weighted by Crippen LogP contribution is 2.68. The molecule has 0 radical (unpaired) electrons. The van der Waals surface area contributed by atoms with Crippen LogP contribution in [0.1, 0.15) is 66.2 Å². The van der Waals surface area contributed by atoms with Crippen LogP contribution < -0.4 is 0 Å². The van der Waals surface area contributed by atoms with Crippen LogP contribution in [0.4, 0.5) is 0 Å². The molecule has 0 amide bonds. The average molecular weight is 332 g/mol. The summed E-state index contributed by atoms with van der Waals surface area (Å²) in [5.41, 5.74) is 0.368. The van der Waals surface area contributed by atoms with E-state index < -0.39 is 5.60 Å². The predicted molar refractivity (Wildman–Crippen MR) is 93.3 cm³/mol. The maximum absolute atomic E-state index is 12.0. The van der Waals surface area contributed by atoms with Crippen LogP contribution >= 0.6 is 0 Å². The molecule has 4 aliphatic carbocycles. The monoisotopic (exact) mass is 332 g/mol. The largest absolute Gasteiger partial charge is 0.393 e. The number of aliphatic hydroxyl groups is 2. The lowest BCUT2D eigenvalue weighted by atomic mass is 9.43. The smallest absolute Gasteiger partial charge is 0.155 e. The highest BCUT2D eigenvalue weighted by Gasteiger charge is 2.66. The van der Waals surface area contributed by atoms with Crippen molar-refractivity contribution in [3.05, 3.63) is 11.6 Å². The molecule has 0 aromatic carbocycles. The number of hydrogen-bond donors (Lipinski definition) is 2. The van der Waals surface area contributed by atoms with Crippen molar-refractivity contribution in [1.29, 1.82) is 0 Å². The molecule has 3 nitrogen and oxygen atoms in total. The van der Waals surface area contributed by atoms with E-state index in [0.29, 0.717) is 30.6 Å². The maximum atomic E-state index is 12.0. The van der Waals surface area contributed by atoms with Crippen LogP contribution in [0.5, 0.6) is 0 Å². The van der Waals surface area contributed by atoms with Crippen molar-refractivity contribution in [2.45, 2.75) is 77.9 Å². The van der Waals surface area contributed by atoms with Crippen molar-refractivity contribution in [3.63, 3.8) is 0 Å². The summed E-state index contributed by atoms with van der Waals surface area (Å²) in [7, 11) is 0. The van der Waals surface area contributed by atoms with Gasteiger partial charge in [0.15, 0.2) is 5.78 Å². The summed E-state index contributed by atoms with van der Waals surface area (Å²) in [5.74, 6) is 1.88. The molecule has 4 rings (SSSR count). The Morgan fingerprint density at radius 1 is 1.21 bits per heavy atom. The molecule has 4 aliphatic rings. The normalized spacial score (nSPS) is 57.0. The van der Waals surface area contributed by atoms with Gasteiger partial charge in [0.1, 0.15) is 0 Å². The van der Waals surface area contributed by atoms with Crippen LogP contribution in [0.2, 0.25) is 0 Å². The summed E-state index contributed by atoms with van der Waals surface area (Å²) in [6, 6.07) is 0. The van der Waals surface area contributed by atoms with E-state index in [1.807, 2.05) is 13.0 Å². The van der Waals surface area contributed by atoms with E-state index in [-0.39, 0.29) is 28.6 Å². The minimum atomic E-state index is -0.678. The number of carbonyl (C=O) groups excluding carboxylic acids is 1. The fraction of sp³-hybridized carbons (Fsp3) is 0.857. The molecule has 134 valence electrons. The third-order valence-corrected chi connectivity index (χ3v) is 8.81. The van der Waals surface area contributed by atoms with Crippen LogP contribution in [-0.2, 0) is 4.79 Å². The van der Waals surface area contributed by atoms with Crippen LogP contribution in [0.3, 0.4) is 0 Å². The molecule has 3 saturated carbocycles. The van der Waals surface area contributed by atoms with Gasteiger partial charge in [-0.3, -0.25) is 4.79 Å². The molecule has 0 saturated heterocycles. The molecule has 24 heavy (non-hydrogen) atoms. The van der Waals surface area contributed by atoms with Crippen molar-refractivity contribution >= 4 is 5.78 Å². The van der Waals surface area contributed by atoms with E-state index >= 15 is 0 Å². The molecular weight excluding hydrogens is 300 g/mol. The summed E-state index contributed by atoms with van der Waals surface area (Å²) < 4.78 is 0. The lowest BCUT2D eigenvalue weighted by Crippen LogP contribution is -2.61. The quantitative estimate of drug-likeness (QED) is 0.714. The molecule has 0 heterocycles. The topological polar surface area (TPSA) is 57.5 Å². The molecule has 0 bridgehead atoms. The fourth-order valence-corrected chi connectivity index (χ4v) is 7.23. The van der Waals surface area contributed by atoms with Gasteiger partial charge in [0.25, 0.3) is 0 Å². The molecular formula is C21H32O3. The van der Waals surface area contributed by atoms with Crippen LogP contribution in [0, 0.1) is 34.5 Å². The van der Waals surface area contributed by atoms with Gasteiger partial charge < -0.3 is 10.2 Å². The molecule has 8 atom stereocenters. The summed E-state index contributed by atoms with van der Waals surface area (Å²) >= 11 is 0. The third kappa shape index (κ3) is 1.94. The Labute approximate surface area is 145 Å². The Kier molecular flexibility index (Phi) is 3.46. The Bertz CT molecular complexity index is 606. The first-order valence-corrected chi connectivity index (χ1v) is 9.74.